The maximum atomic E-state index is 5.30. The zero-order valence-corrected chi connectivity index (χ0v) is 10.7. The Bertz CT molecular complexity index is 497. The van der Waals surface area contributed by atoms with Crippen molar-refractivity contribution in [2.75, 3.05) is 0 Å². The Morgan fingerprint density at radius 2 is 2.13 bits per heavy atom. The summed E-state index contributed by atoms with van der Waals surface area (Å²) in [5.41, 5.74) is 2.46. The van der Waals surface area contributed by atoms with Crippen molar-refractivity contribution in [3.8, 4) is 5.69 Å². The second kappa shape index (κ2) is 3.61. The molecule has 2 aromatic rings. The molecule has 0 aliphatic heterocycles. The van der Waals surface area contributed by atoms with E-state index in [2.05, 4.69) is 47.1 Å². The maximum Gasteiger partial charge on any atom is 0.182 e. The first-order valence-corrected chi connectivity index (χ1v) is 6.19. The number of thiophene rings is 1. The molecule has 0 aromatic carbocycles. The fourth-order valence-electron chi connectivity index (χ4n) is 1.56. The molecular weight excluding hydrogens is 224 g/mol. The van der Waals surface area contributed by atoms with Gasteiger partial charge in [-0.1, -0.05) is 20.8 Å². The van der Waals surface area contributed by atoms with Gasteiger partial charge in [0.15, 0.2) is 4.77 Å². The maximum absolute atomic E-state index is 5.30. The minimum absolute atomic E-state index is 0.0928. The molecule has 0 aliphatic carbocycles. The highest BCUT2D eigenvalue weighted by Crippen LogP contribution is 2.26. The lowest BCUT2D eigenvalue weighted by atomic mass is 9.92. The fraction of sp³-hybridized carbons (Fsp3) is 0.364. The third kappa shape index (κ3) is 1.92. The predicted molar refractivity (Wildman–Crippen MR) is 67.5 cm³/mol. The Hall–Kier alpha value is -0.870. The third-order valence-corrected chi connectivity index (χ3v) is 3.28. The number of imidazole rings is 1. The molecule has 0 atom stereocenters. The van der Waals surface area contributed by atoms with Crippen LogP contribution in [0.3, 0.4) is 0 Å². The van der Waals surface area contributed by atoms with Crippen LogP contribution >= 0.6 is 23.6 Å². The number of aromatic amines is 1. The van der Waals surface area contributed by atoms with Crippen molar-refractivity contribution in [2.24, 2.45) is 0 Å². The van der Waals surface area contributed by atoms with Crippen LogP contribution < -0.4 is 0 Å². The van der Waals surface area contributed by atoms with Gasteiger partial charge in [0.05, 0.1) is 5.69 Å². The minimum atomic E-state index is 0.0928. The van der Waals surface area contributed by atoms with E-state index in [1.807, 2.05) is 6.20 Å². The number of aromatic nitrogens is 2. The van der Waals surface area contributed by atoms with E-state index in [0.29, 0.717) is 0 Å². The van der Waals surface area contributed by atoms with Crippen molar-refractivity contribution >= 4 is 23.6 Å². The van der Waals surface area contributed by atoms with Crippen LogP contribution in [-0.2, 0) is 5.41 Å². The first-order valence-electron chi connectivity index (χ1n) is 4.83. The molecule has 80 valence electrons. The van der Waals surface area contributed by atoms with Crippen LogP contribution in [-0.4, -0.2) is 9.55 Å². The van der Waals surface area contributed by atoms with E-state index in [1.54, 1.807) is 11.3 Å². The van der Waals surface area contributed by atoms with Crippen molar-refractivity contribution in [1.29, 1.82) is 0 Å². The van der Waals surface area contributed by atoms with Crippen LogP contribution in [0.4, 0.5) is 0 Å². The van der Waals surface area contributed by atoms with Crippen LogP contribution in [0.1, 0.15) is 26.5 Å². The highest BCUT2D eigenvalue weighted by atomic mass is 32.1. The molecule has 2 nitrogen and oxygen atoms in total. The van der Waals surface area contributed by atoms with Gasteiger partial charge < -0.3 is 4.98 Å². The van der Waals surface area contributed by atoms with Crippen LogP contribution in [0.2, 0.25) is 0 Å². The van der Waals surface area contributed by atoms with Crippen molar-refractivity contribution in [3.05, 3.63) is 33.5 Å². The molecule has 0 saturated carbocycles. The summed E-state index contributed by atoms with van der Waals surface area (Å²) in [4.78, 5) is 3.11. The molecule has 4 heteroatoms. The van der Waals surface area contributed by atoms with Crippen molar-refractivity contribution < 1.29 is 0 Å². The quantitative estimate of drug-likeness (QED) is 0.747. The van der Waals surface area contributed by atoms with Crippen LogP contribution in [0.15, 0.2) is 23.0 Å². The molecule has 0 bridgehead atoms. The lowest BCUT2D eigenvalue weighted by Gasteiger charge is -2.20. The molecule has 2 rings (SSSR count). The zero-order valence-electron chi connectivity index (χ0n) is 9.07. The van der Waals surface area contributed by atoms with Gasteiger partial charge in [-0.15, -0.1) is 0 Å². The standard InChI is InChI=1S/C11H14N2S2/c1-11(2,3)9-6-12-10(14)13(9)8-4-5-15-7-8/h4-7H,1-3H3,(H,12,14). The number of nitrogens with one attached hydrogen (secondary N) is 1. The monoisotopic (exact) mass is 238 g/mol. The Kier molecular flexibility index (Phi) is 2.56. The molecule has 2 heterocycles. The van der Waals surface area contributed by atoms with Crippen molar-refractivity contribution in [2.45, 2.75) is 26.2 Å². The Morgan fingerprint density at radius 1 is 1.40 bits per heavy atom. The summed E-state index contributed by atoms with van der Waals surface area (Å²) in [5, 5.41) is 4.18. The number of hydrogen-bond acceptors (Lipinski definition) is 2. The van der Waals surface area contributed by atoms with Gasteiger partial charge in [0.25, 0.3) is 0 Å². The first kappa shape index (κ1) is 10.6. The molecule has 0 fully saturated rings. The van der Waals surface area contributed by atoms with E-state index in [1.165, 1.54) is 5.69 Å². The summed E-state index contributed by atoms with van der Waals surface area (Å²) in [6.07, 6.45) is 2.00. The van der Waals surface area contributed by atoms with E-state index in [9.17, 15) is 0 Å². The highest BCUT2D eigenvalue weighted by Gasteiger charge is 2.20. The SMILES string of the molecule is CC(C)(C)c1c[nH]c(=S)n1-c1ccsc1. The summed E-state index contributed by atoms with van der Waals surface area (Å²) in [5.74, 6) is 0. The molecule has 0 radical (unpaired) electrons. The van der Waals surface area contributed by atoms with E-state index >= 15 is 0 Å². The van der Waals surface area contributed by atoms with Gasteiger partial charge in [0.1, 0.15) is 0 Å². The second-order valence-electron chi connectivity index (χ2n) is 4.55. The molecule has 0 saturated heterocycles. The summed E-state index contributed by atoms with van der Waals surface area (Å²) in [6.45, 7) is 6.56. The predicted octanol–water partition coefficient (Wildman–Crippen LogP) is 3.89. The zero-order chi connectivity index (χ0) is 11.1. The molecule has 0 spiro atoms. The fourth-order valence-corrected chi connectivity index (χ4v) is 2.44. The normalized spacial score (nSPS) is 11.9. The minimum Gasteiger partial charge on any atom is -0.337 e. The van der Waals surface area contributed by atoms with Crippen LogP contribution in [0, 0.1) is 4.77 Å². The number of nitrogens with zero attached hydrogens (tertiary/aromatic N) is 1. The molecule has 0 amide bonds. The molecule has 0 unspecified atom stereocenters. The van der Waals surface area contributed by atoms with Crippen LogP contribution in [0.5, 0.6) is 0 Å². The van der Waals surface area contributed by atoms with Crippen LogP contribution in [0.25, 0.3) is 5.69 Å². The van der Waals surface area contributed by atoms with E-state index in [4.69, 9.17) is 12.2 Å². The van der Waals surface area contributed by atoms with E-state index in [0.717, 1.165) is 10.5 Å². The Balaban J connectivity index is 2.66. The van der Waals surface area contributed by atoms with Gasteiger partial charge in [-0.2, -0.15) is 11.3 Å². The highest BCUT2D eigenvalue weighted by molar-refractivity contribution is 7.71. The van der Waals surface area contributed by atoms with Crippen molar-refractivity contribution in [1.82, 2.24) is 9.55 Å². The van der Waals surface area contributed by atoms with Gasteiger partial charge in [0.2, 0.25) is 0 Å². The summed E-state index contributed by atoms with van der Waals surface area (Å²) >= 11 is 6.99. The molecule has 2 aromatic heterocycles. The second-order valence-corrected chi connectivity index (χ2v) is 5.71. The van der Waals surface area contributed by atoms with E-state index in [-0.39, 0.29) is 5.41 Å². The lowest BCUT2D eigenvalue weighted by molar-refractivity contribution is 0.556. The summed E-state index contributed by atoms with van der Waals surface area (Å²) < 4.78 is 2.87. The van der Waals surface area contributed by atoms with Gasteiger partial charge >= 0.3 is 0 Å². The summed E-state index contributed by atoms with van der Waals surface area (Å²) in [6, 6.07) is 2.09. The molecule has 0 aliphatic rings. The Morgan fingerprint density at radius 3 is 2.67 bits per heavy atom. The van der Waals surface area contributed by atoms with Gasteiger partial charge in [-0.3, -0.25) is 4.57 Å². The lowest BCUT2D eigenvalue weighted by Crippen LogP contribution is -2.16. The van der Waals surface area contributed by atoms with Gasteiger partial charge in [-0.25, -0.2) is 0 Å². The van der Waals surface area contributed by atoms with Crippen molar-refractivity contribution in [3.63, 3.8) is 0 Å². The number of H-pyrrole nitrogens is 1. The number of rotatable bonds is 1. The largest absolute Gasteiger partial charge is 0.337 e. The molecule has 1 N–H and O–H groups in total. The van der Waals surface area contributed by atoms with Gasteiger partial charge in [-0.05, 0) is 23.7 Å². The summed E-state index contributed by atoms with van der Waals surface area (Å²) in [7, 11) is 0. The number of hydrogen-bond donors (Lipinski definition) is 1. The third-order valence-electron chi connectivity index (χ3n) is 2.31. The van der Waals surface area contributed by atoms with E-state index < -0.39 is 0 Å². The topological polar surface area (TPSA) is 20.7 Å². The average molecular weight is 238 g/mol. The average Bonchev–Trinajstić information content (AvgIpc) is 2.69. The molecule has 15 heavy (non-hydrogen) atoms. The van der Waals surface area contributed by atoms with Gasteiger partial charge in [0, 0.05) is 22.7 Å². The first-order chi connectivity index (χ1) is 7.00. The molecular formula is C11H14N2S2. The smallest absolute Gasteiger partial charge is 0.182 e. The Labute approximate surface area is 98.6 Å².